The Balaban J connectivity index is 1.83. The number of rotatable bonds is 3. The van der Waals surface area contributed by atoms with E-state index in [9.17, 15) is 14.0 Å². The Morgan fingerprint density at radius 2 is 2.00 bits per heavy atom. The van der Waals surface area contributed by atoms with Crippen LogP contribution >= 0.6 is 0 Å². The minimum absolute atomic E-state index is 0.205. The molecular weight excluding hydrogens is 313 g/mol. The molecule has 1 aliphatic rings. The van der Waals surface area contributed by atoms with Crippen molar-refractivity contribution in [2.75, 3.05) is 13.1 Å². The summed E-state index contributed by atoms with van der Waals surface area (Å²) in [6, 6.07) is 5.82. The fourth-order valence-corrected chi connectivity index (χ4v) is 2.91. The topological polar surface area (TPSA) is 75.4 Å². The number of aromatic nitrogens is 2. The van der Waals surface area contributed by atoms with E-state index < -0.39 is 11.9 Å². The summed E-state index contributed by atoms with van der Waals surface area (Å²) in [6.07, 6.45) is 2.96. The first kappa shape index (κ1) is 16.2. The van der Waals surface area contributed by atoms with E-state index in [1.54, 1.807) is 30.2 Å². The number of aliphatic carboxylic acids is 1. The van der Waals surface area contributed by atoms with E-state index in [0.29, 0.717) is 36.3 Å². The molecule has 1 amide bonds. The van der Waals surface area contributed by atoms with E-state index in [-0.39, 0.29) is 18.3 Å². The van der Waals surface area contributed by atoms with Crippen LogP contribution in [0.5, 0.6) is 0 Å². The molecule has 24 heavy (non-hydrogen) atoms. The highest BCUT2D eigenvalue weighted by Crippen LogP contribution is 2.20. The Hall–Kier alpha value is -2.70. The lowest BCUT2D eigenvalue weighted by molar-refractivity contribution is -0.143. The number of halogens is 1. The highest BCUT2D eigenvalue weighted by Gasteiger charge is 2.30. The second kappa shape index (κ2) is 6.43. The van der Waals surface area contributed by atoms with Gasteiger partial charge in [0.05, 0.1) is 11.6 Å². The zero-order valence-electron chi connectivity index (χ0n) is 13.3. The summed E-state index contributed by atoms with van der Waals surface area (Å²) >= 11 is 0. The predicted octanol–water partition coefficient (Wildman–Crippen LogP) is 2.26. The lowest BCUT2D eigenvalue weighted by Crippen LogP contribution is -2.42. The molecule has 2 aromatic rings. The molecule has 1 aromatic carbocycles. The third-order valence-electron chi connectivity index (χ3n) is 4.25. The van der Waals surface area contributed by atoms with E-state index in [0.717, 1.165) is 0 Å². The number of hydrogen-bond acceptors (Lipinski definition) is 3. The van der Waals surface area contributed by atoms with Crippen LogP contribution in [0.2, 0.25) is 0 Å². The van der Waals surface area contributed by atoms with Gasteiger partial charge in [-0.1, -0.05) is 0 Å². The van der Waals surface area contributed by atoms with Gasteiger partial charge in [-0.05, 0) is 44.0 Å². The smallest absolute Gasteiger partial charge is 0.308 e. The van der Waals surface area contributed by atoms with Gasteiger partial charge < -0.3 is 10.0 Å². The number of benzene rings is 1. The number of aryl methyl sites for hydroxylation is 1. The minimum atomic E-state index is -0.874. The molecule has 1 fully saturated rings. The Morgan fingerprint density at radius 3 is 2.67 bits per heavy atom. The van der Waals surface area contributed by atoms with Gasteiger partial charge in [0.25, 0.3) is 5.91 Å². The zero-order chi connectivity index (χ0) is 17.3. The van der Waals surface area contributed by atoms with Crippen LogP contribution in [0.25, 0.3) is 5.69 Å². The van der Waals surface area contributed by atoms with Crippen LogP contribution in [0.4, 0.5) is 4.39 Å². The molecule has 0 radical (unpaired) electrons. The standard InChI is InChI=1S/C17H18FN3O3/c1-11-9-21(14-6-4-13(18)5-7-14)19-15(11)16(22)20-8-2-3-12(10-20)17(23)24/h4-7,9,12H,2-3,8,10H2,1H3,(H,23,24)/t12-/m0/s1. The molecule has 6 nitrogen and oxygen atoms in total. The number of carbonyl (C=O) groups is 2. The van der Waals surface area contributed by atoms with Gasteiger partial charge >= 0.3 is 5.97 Å². The van der Waals surface area contributed by atoms with Crippen LogP contribution in [0, 0.1) is 18.7 Å². The molecule has 0 spiro atoms. The van der Waals surface area contributed by atoms with Crippen molar-refractivity contribution in [2.45, 2.75) is 19.8 Å². The summed E-state index contributed by atoms with van der Waals surface area (Å²) < 4.78 is 14.5. The average Bonchev–Trinajstić information content (AvgIpc) is 2.96. The van der Waals surface area contributed by atoms with E-state index in [2.05, 4.69) is 5.10 Å². The lowest BCUT2D eigenvalue weighted by atomic mass is 9.98. The molecule has 1 aliphatic heterocycles. The van der Waals surface area contributed by atoms with E-state index in [1.807, 2.05) is 0 Å². The van der Waals surface area contributed by atoms with Gasteiger partial charge in [0.15, 0.2) is 5.69 Å². The first-order valence-corrected chi connectivity index (χ1v) is 7.80. The van der Waals surface area contributed by atoms with Crippen molar-refractivity contribution in [1.29, 1.82) is 0 Å². The zero-order valence-corrected chi connectivity index (χ0v) is 13.3. The number of amides is 1. The summed E-state index contributed by atoms with van der Waals surface area (Å²) in [5, 5.41) is 13.5. The third-order valence-corrected chi connectivity index (χ3v) is 4.25. The Bertz CT molecular complexity index is 770. The van der Waals surface area contributed by atoms with Crippen LogP contribution in [0.3, 0.4) is 0 Å². The monoisotopic (exact) mass is 331 g/mol. The number of carboxylic acid groups (broad SMARTS) is 1. The second-order valence-electron chi connectivity index (χ2n) is 6.01. The number of carboxylic acids is 1. The molecule has 0 saturated carbocycles. The summed E-state index contributed by atoms with van der Waals surface area (Å²) in [6.45, 7) is 2.52. The summed E-state index contributed by atoms with van der Waals surface area (Å²) in [5.74, 6) is -2.01. The van der Waals surface area contributed by atoms with Gasteiger partial charge in [-0.2, -0.15) is 5.10 Å². The van der Waals surface area contributed by atoms with Crippen LogP contribution in [-0.4, -0.2) is 44.8 Å². The Morgan fingerprint density at radius 1 is 1.29 bits per heavy atom. The Kier molecular flexibility index (Phi) is 4.33. The minimum Gasteiger partial charge on any atom is -0.481 e. The molecular formula is C17H18FN3O3. The quantitative estimate of drug-likeness (QED) is 0.936. The fraction of sp³-hybridized carbons (Fsp3) is 0.353. The fourth-order valence-electron chi connectivity index (χ4n) is 2.91. The molecule has 0 unspecified atom stereocenters. The van der Waals surface area contributed by atoms with Gasteiger partial charge in [0, 0.05) is 24.8 Å². The van der Waals surface area contributed by atoms with Crippen molar-refractivity contribution in [3.63, 3.8) is 0 Å². The van der Waals surface area contributed by atoms with Crippen molar-refractivity contribution in [3.05, 3.63) is 47.5 Å². The molecule has 0 bridgehead atoms. The van der Waals surface area contributed by atoms with Crippen LogP contribution in [0.1, 0.15) is 28.9 Å². The van der Waals surface area contributed by atoms with Crippen molar-refractivity contribution in [2.24, 2.45) is 5.92 Å². The van der Waals surface area contributed by atoms with Crippen LogP contribution in [-0.2, 0) is 4.79 Å². The SMILES string of the molecule is Cc1cn(-c2ccc(F)cc2)nc1C(=O)N1CCC[C@H](C(=O)O)C1. The molecule has 126 valence electrons. The van der Waals surface area contributed by atoms with Gasteiger partial charge in [-0.15, -0.1) is 0 Å². The normalized spacial score (nSPS) is 17.8. The second-order valence-corrected chi connectivity index (χ2v) is 6.01. The highest BCUT2D eigenvalue weighted by molar-refractivity contribution is 5.94. The predicted molar refractivity (Wildman–Crippen MR) is 84.5 cm³/mol. The first-order chi connectivity index (χ1) is 11.5. The maximum atomic E-state index is 13.0. The number of piperidine rings is 1. The van der Waals surface area contributed by atoms with Crippen molar-refractivity contribution >= 4 is 11.9 Å². The molecule has 2 heterocycles. The number of hydrogen-bond donors (Lipinski definition) is 1. The van der Waals surface area contributed by atoms with Crippen LogP contribution in [0.15, 0.2) is 30.5 Å². The molecule has 1 N–H and O–H groups in total. The largest absolute Gasteiger partial charge is 0.481 e. The molecule has 3 rings (SSSR count). The lowest BCUT2D eigenvalue weighted by Gasteiger charge is -2.30. The Labute approximate surface area is 138 Å². The van der Waals surface area contributed by atoms with Crippen molar-refractivity contribution < 1.29 is 19.1 Å². The van der Waals surface area contributed by atoms with Crippen molar-refractivity contribution in [1.82, 2.24) is 14.7 Å². The summed E-state index contributed by atoms with van der Waals surface area (Å²) in [7, 11) is 0. The molecule has 1 aromatic heterocycles. The first-order valence-electron chi connectivity index (χ1n) is 7.80. The summed E-state index contributed by atoms with van der Waals surface area (Å²) in [5.41, 5.74) is 1.65. The van der Waals surface area contributed by atoms with Gasteiger partial charge in [-0.3, -0.25) is 9.59 Å². The highest BCUT2D eigenvalue weighted by atomic mass is 19.1. The number of nitrogens with zero attached hydrogens (tertiary/aromatic N) is 3. The van der Waals surface area contributed by atoms with Gasteiger partial charge in [0.2, 0.25) is 0 Å². The van der Waals surface area contributed by atoms with Gasteiger partial charge in [0.1, 0.15) is 5.82 Å². The van der Waals surface area contributed by atoms with E-state index in [1.165, 1.54) is 16.8 Å². The maximum Gasteiger partial charge on any atom is 0.308 e. The number of likely N-dealkylation sites (tertiary alicyclic amines) is 1. The molecule has 1 atom stereocenters. The summed E-state index contributed by atoms with van der Waals surface area (Å²) in [4.78, 5) is 25.4. The third kappa shape index (κ3) is 3.15. The average molecular weight is 331 g/mol. The number of carbonyl (C=O) groups excluding carboxylic acids is 1. The van der Waals surface area contributed by atoms with E-state index in [4.69, 9.17) is 5.11 Å². The molecule has 7 heteroatoms. The van der Waals surface area contributed by atoms with Crippen molar-refractivity contribution in [3.8, 4) is 5.69 Å². The van der Waals surface area contributed by atoms with Crippen LogP contribution < -0.4 is 0 Å². The molecule has 1 saturated heterocycles. The van der Waals surface area contributed by atoms with Gasteiger partial charge in [-0.25, -0.2) is 9.07 Å². The van der Waals surface area contributed by atoms with E-state index >= 15 is 0 Å². The maximum absolute atomic E-state index is 13.0. The molecule has 0 aliphatic carbocycles.